The molecular formula is C23H26FNO4. The molecule has 2 aromatic carbocycles. The maximum absolute atomic E-state index is 14.0. The van der Waals surface area contributed by atoms with E-state index in [1.165, 1.54) is 18.2 Å². The van der Waals surface area contributed by atoms with E-state index in [-0.39, 0.29) is 24.9 Å². The number of amides is 1. The second kappa shape index (κ2) is 7.93. The zero-order valence-corrected chi connectivity index (χ0v) is 16.7. The molecule has 1 fully saturated rings. The van der Waals surface area contributed by atoms with Gasteiger partial charge >= 0.3 is 0 Å². The first-order valence-corrected chi connectivity index (χ1v) is 10.1. The highest BCUT2D eigenvalue weighted by Crippen LogP contribution is 2.40. The van der Waals surface area contributed by atoms with Crippen molar-refractivity contribution in [1.82, 2.24) is 4.90 Å². The van der Waals surface area contributed by atoms with Crippen molar-refractivity contribution in [3.8, 4) is 17.2 Å². The van der Waals surface area contributed by atoms with E-state index in [9.17, 15) is 14.3 Å². The van der Waals surface area contributed by atoms with Gasteiger partial charge in [-0.2, -0.15) is 0 Å². The van der Waals surface area contributed by atoms with Crippen LogP contribution < -0.4 is 9.47 Å². The number of carbonyl (C=O) groups excluding carboxylic acids is 1. The monoisotopic (exact) mass is 399 g/mol. The van der Waals surface area contributed by atoms with Crippen LogP contribution in [-0.2, 0) is 4.79 Å². The molecule has 2 aliphatic heterocycles. The number of ether oxygens (including phenoxy) is 2. The van der Waals surface area contributed by atoms with Gasteiger partial charge in [0.1, 0.15) is 11.6 Å². The summed E-state index contributed by atoms with van der Waals surface area (Å²) in [6.07, 6.45) is 1.26. The Kier molecular flexibility index (Phi) is 5.35. The average molecular weight is 399 g/mol. The molecule has 1 saturated heterocycles. The summed E-state index contributed by atoms with van der Waals surface area (Å²) in [5.74, 6) is 1.19. The molecule has 2 aliphatic rings. The van der Waals surface area contributed by atoms with Crippen molar-refractivity contribution in [3.63, 3.8) is 0 Å². The first-order valence-electron chi connectivity index (χ1n) is 10.1. The Labute approximate surface area is 170 Å². The van der Waals surface area contributed by atoms with Crippen LogP contribution in [0.25, 0.3) is 0 Å². The highest BCUT2D eigenvalue weighted by Gasteiger charge is 2.30. The molecular weight excluding hydrogens is 373 g/mol. The number of aromatic hydroxyl groups is 1. The molecule has 0 aromatic heterocycles. The second-order valence-electron chi connectivity index (χ2n) is 8.32. The molecule has 0 spiro atoms. The highest BCUT2D eigenvalue weighted by molar-refractivity contribution is 5.78. The molecule has 2 heterocycles. The largest absolute Gasteiger partial charge is 0.508 e. The van der Waals surface area contributed by atoms with E-state index in [0.29, 0.717) is 28.9 Å². The van der Waals surface area contributed by atoms with Crippen LogP contribution in [0, 0.1) is 17.7 Å². The van der Waals surface area contributed by atoms with E-state index in [2.05, 4.69) is 13.8 Å². The van der Waals surface area contributed by atoms with Crippen molar-refractivity contribution in [1.29, 1.82) is 0 Å². The third-order valence-corrected chi connectivity index (χ3v) is 5.76. The Hall–Kier alpha value is -2.76. The van der Waals surface area contributed by atoms with E-state index in [1.54, 1.807) is 6.07 Å². The van der Waals surface area contributed by atoms with Crippen molar-refractivity contribution in [2.75, 3.05) is 19.9 Å². The van der Waals surface area contributed by atoms with E-state index < -0.39 is 11.7 Å². The molecule has 6 heteroatoms. The molecule has 0 bridgehead atoms. The Morgan fingerprint density at radius 3 is 2.62 bits per heavy atom. The average Bonchev–Trinajstić information content (AvgIpc) is 3.15. The van der Waals surface area contributed by atoms with E-state index in [0.717, 1.165) is 25.1 Å². The van der Waals surface area contributed by atoms with Crippen molar-refractivity contribution < 1.29 is 23.8 Å². The van der Waals surface area contributed by atoms with E-state index in [1.807, 2.05) is 17.0 Å². The van der Waals surface area contributed by atoms with Gasteiger partial charge in [-0.1, -0.05) is 19.9 Å². The lowest BCUT2D eigenvalue weighted by Crippen LogP contribution is -2.43. The lowest BCUT2D eigenvalue weighted by atomic mass is 9.86. The van der Waals surface area contributed by atoms with Crippen LogP contribution in [0.5, 0.6) is 17.2 Å². The predicted octanol–water partition coefficient (Wildman–Crippen LogP) is 4.29. The van der Waals surface area contributed by atoms with Crippen LogP contribution in [0.15, 0.2) is 36.4 Å². The number of phenols is 1. The minimum atomic E-state index is -0.486. The van der Waals surface area contributed by atoms with Gasteiger partial charge in [0.05, 0.1) is 0 Å². The number of carbonyl (C=O) groups is 1. The first kappa shape index (κ1) is 19.6. The summed E-state index contributed by atoms with van der Waals surface area (Å²) in [6.45, 7) is 5.92. The van der Waals surface area contributed by atoms with Crippen LogP contribution in [0.4, 0.5) is 4.39 Å². The third-order valence-electron chi connectivity index (χ3n) is 5.76. The fourth-order valence-electron chi connectivity index (χ4n) is 4.51. The standard InChI is InChI=1S/C23H26FNO4/c1-14-7-15(2)12-25(11-14)23(27)10-18(19-9-17(24)4-5-20(19)26)16-3-6-21-22(8-16)29-13-28-21/h3-6,8-9,14-15,18,26H,7,10-13H2,1-2H3. The summed E-state index contributed by atoms with van der Waals surface area (Å²) in [7, 11) is 0. The highest BCUT2D eigenvalue weighted by atomic mass is 19.1. The van der Waals surface area contributed by atoms with Crippen molar-refractivity contribution in [2.24, 2.45) is 11.8 Å². The quantitative estimate of drug-likeness (QED) is 0.833. The Morgan fingerprint density at radius 2 is 1.86 bits per heavy atom. The molecule has 1 N–H and O–H groups in total. The fourth-order valence-corrected chi connectivity index (χ4v) is 4.51. The molecule has 1 amide bonds. The van der Waals surface area contributed by atoms with Crippen molar-refractivity contribution in [3.05, 3.63) is 53.3 Å². The van der Waals surface area contributed by atoms with Gasteiger partial charge in [-0.05, 0) is 54.2 Å². The van der Waals surface area contributed by atoms with Gasteiger partial charge in [0, 0.05) is 31.0 Å². The zero-order chi connectivity index (χ0) is 20.5. The van der Waals surface area contributed by atoms with Crippen LogP contribution in [-0.4, -0.2) is 35.8 Å². The van der Waals surface area contributed by atoms with Gasteiger partial charge in [-0.15, -0.1) is 0 Å². The number of piperidine rings is 1. The normalized spacial score (nSPS) is 21.8. The number of hydrogen-bond acceptors (Lipinski definition) is 4. The van der Waals surface area contributed by atoms with Crippen LogP contribution in [0.2, 0.25) is 0 Å². The zero-order valence-electron chi connectivity index (χ0n) is 16.7. The molecule has 3 unspecified atom stereocenters. The third kappa shape index (κ3) is 4.16. The van der Waals surface area contributed by atoms with Crippen molar-refractivity contribution >= 4 is 5.91 Å². The molecule has 5 nitrogen and oxygen atoms in total. The minimum Gasteiger partial charge on any atom is -0.508 e. The number of rotatable bonds is 4. The SMILES string of the molecule is CC1CC(C)CN(C(=O)CC(c2ccc3c(c2)OCO3)c2cc(F)ccc2O)C1. The van der Waals surface area contributed by atoms with Crippen molar-refractivity contribution in [2.45, 2.75) is 32.6 Å². The lowest BCUT2D eigenvalue weighted by Gasteiger charge is -2.36. The van der Waals surface area contributed by atoms with Crippen LogP contribution >= 0.6 is 0 Å². The molecule has 0 saturated carbocycles. The second-order valence-corrected chi connectivity index (χ2v) is 8.32. The smallest absolute Gasteiger partial charge is 0.231 e. The molecule has 4 rings (SSSR count). The topological polar surface area (TPSA) is 59.0 Å². The molecule has 154 valence electrons. The van der Waals surface area contributed by atoms with Gasteiger partial charge in [-0.3, -0.25) is 4.79 Å². The first-order chi connectivity index (χ1) is 13.9. The predicted molar refractivity (Wildman–Crippen MR) is 107 cm³/mol. The number of nitrogens with zero attached hydrogens (tertiary/aromatic N) is 1. The molecule has 0 radical (unpaired) electrons. The van der Waals surface area contributed by atoms with Gasteiger partial charge in [0.25, 0.3) is 0 Å². The maximum Gasteiger partial charge on any atom is 0.231 e. The number of phenolic OH excluding ortho intramolecular Hbond substituents is 1. The minimum absolute atomic E-state index is 0.00901. The summed E-state index contributed by atoms with van der Waals surface area (Å²) in [5, 5.41) is 10.4. The van der Waals surface area contributed by atoms with Crippen LogP contribution in [0.1, 0.15) is 43.7 Å². The van der Waals surface area contributed by atoms with Gasteiger partial charge in [0.15, 0.2) is 11.5 Å². The number of halogens is 1. The summed E-state index contributed by atoms with van der Waals surface area (Å²) in [4.78, 5) is 15.1. The van der Waals surface area contributed by atoms with Gasteiger partial charge in [-0.25, -0.2) is 4.39 Å². The number of likely N-dealkylation sites (tertiary alicyclic amines) is 1. The number of fused-ring (bicyclic) bond motifs is 1. The van der Waals surface area contributed by atoms with E-state index >= 15 is 0 Å². The summed E-state index contributed by atoms with van der Waals surface area (Å²) in [5.41, 5.74) is 1.18. The maximum atomic E-state index is 14.0. The molecule has 2 aromatic rings. The fraction of sp³-hybridized carbons (Fsp3) is 0.435. The molecule has 3 atom stereocenters. The summed E-state index contributed by atoms with van der Waals surface area (Å²) >= 11 is 0. The van der Waals surface area contributed by atoms with Gasteiger partial charge < -0.3 is 19.5 Å². The number of hydrogen-bond donors (Lipinski definition) is 1. The summed E-state index contributed by atoms with van der Waals surface area (Å²) < 4.78 is 24.8. The van der Waals surface area contributed by atoms with Gasteiger partial charge in [0.2, 0.25) is 12.7 Å². The summed E-state index contributed by atoms with van der Waals surface area (Å²) in [6, 6.07) is 9.30. The Bertz CT molecular complexity index is 906. The molecule has 29 heavy (non-hydrogen) atoms. The number of benzene rings is 2. The Morgan fingerprint density at radius 1 is 1.14 bits per heavy atom. The van der Waals surface area contributed by atoms with Crippen LogP contribution in [0.3, 0.4) is 0 Å². The van der Waals surface area contributed by atoms with E-state index in [4.69, 9.17) is 9.47 Å². The lowest BCUT2D eigenvalue weighted by molar-refractivity contribution is -0.134. The Balaban J connectivity index is 1.67. The molecule has 0 aliphatic carbocycles.